The van der Waals surface area contributed by atoms with Crippen LogP contribution in [0.25, 0.3) is 6.08 Å². The average Bonchev–Trinajstić information content (AvgIpc) is 3.01. The average molecular weight is 403 g/mol. The molecule has 4 atom stereocenters. The molecule has 1 aromatic rings. The number of amides is 2. The molecule has 4 rings (SSSR count). The minimum absolute atomic E-state index is 0.0148. The zero-order valence-electron chi connectivity index (χ0n) is 14.2. The van der Waals surface area contributed by atoms with E-state index in [4.69, 9.17) is 0 Å². The Hall–Kier alpha value is -1.95. The van der Waals surface area contributed by atoms with Crippen LogP contribution in [0, 0.1) is 17.3 Å². The minimum Gasteiger partial charge on any atom is -0.353 e. The lowest BCUT2D eigenvalue weighted by Crippen LogP contribution is -2.50. The lowest BCUT2D eigenvalue weighted by molar-refractivity contribution is -0.132. The van der Waals surface area contributed by atoms with Gasteiger partial charge < -0.3 is 4.90 Å². The van der Waals surface area contributed by atoms with E-state index in [0.717, 1.165) is 15.7 Å². The number of halogens is 1. The Bertz CT molecular complexity index is 840. The summed E-state index contributed by atoms with van der Waals surface area (Å²) in [6.07, 6.45) is 3.92. The second kappa shape index (κ2) is 5.27. The van der Waals surface area contributed by atoms with E-state index in [-0.39, 0.29) is 23.6 Å². The molecule has 0 bridgehead atoms. The maximum Gasteiger partial charge on any atom is 0.233 e. The lowest BCUT2D eigenvalue weighted by Gasteiger charge is -2.38. The van der Waals surface area contributed by atoms with Gasteiger partial charge in [0, 0.05) is 15.6 Å². The number of anilines is 1. The van der Waals surface area contributed by atoms with Gasteiger partial charge in [-0.2, -0.15) is 0 Å². The summed E-state index contributed by atoms with van der Waals surface area (Å²) in [6.45, 7) is 5.57. The van der Waals surface area contributed by atoms with Crippen molar-refractivity contribution in [1.82, 2.24) is 5.32 Å². The van der Waals surface area contributed by atoms with E-state index in [2.05, 4.69) is 21.2 Å². The molecule has 6 heteroatoms. The van der Waals surface area contributed by atoms with Gasteiger partial charge in [-0.3, -0.25) is 19.7 Å². The van der Waals surface area contributed by atoms with Gasteiger partial charge >= 0.3 is 0 Å². The number of Topliss-reactive ketones (excluding diaryl/α,β-unsaturated/α-hetero) is 1. The Morgan fingerprint density at radius 3 is 2.52 bits per heavy atom. The van der Waals surface area contributed by atoms with Crippen molar-refractivity contribution in [3.05, 3.63) is 34.3 Å². The van der Waals surface area contributed by atoms with Crippen molar-refractivity contribution in [3.8, 4) is 0 Å². The van der Waals surface area contributed by atoms with Crippen LogP contribution in [0.2, 0.25) is 0 Å². The molecule has 2 saturated heterocycles. The van der Waals surface area contributed by atoms with Crippen LogP contribution in [0.5, 0.6) is 0 Å². The number of benzene rings is 1. The predicted octanol–water partition coefficient (Wildman–Crippen LogP) is 2.54. The number of hydrogen-bond acceptors (Lipinski definition) is 4. The van der Waals surface area contributed by atoms with E-state index < -0.39 is 23.3 Å². The number of fused-ring (bicyclic) bond motifs is 5. The maximum atomic E-state index is 13.2. The fourth-order valence-electron chi connectivity index (χ4n) is 4.21. The topological polar surface area (TPSA) is 66.5 Å². The Kier molecular flexibility index (Phi) is 3.48. The van der Waals surface area contributed by atoms with E-state index in [1.807, 2.05) is 56.0 Å². The number of nitrogens with zero attached hydrogens (tertiary/aromatic N) is 1. The second-order valence-corrected chi connectivity index (χ2v) is 8.84. The summed E-state index contributed by atoms with van der Waals surface area (Å²) >= 11 is 3.47. The van der Waals surface area contributed by atoms with Crippen molar-refractivity contribution < 1.29 is 14.4 Å². The van der Waals surface area contributed by atoms with Crippen molar-refractivity contribution in [2.24, 2.45) is 17.3 Å². The molecule has 0 aliphatic carbocycles. The van der Waals surface area contributed by atoms with E-state index in [9.17, 15) is 14.4 Å². The first-order valence-corrected chi connectivity index (χ1v) is 9.14. The van der Waals surface area contributed by atoms with Gasteiger partial charge in [-0.1, -0.05) is 48.9 Å². The van der Waals surface area contributed by atoms with Gasteiger partial charge in [0.25, 0.3) is 0 Å². The summed E-state index contributed by atoms with van der Waals surface area (Å²) in [4.78, 5) is 40.1. The van der Waals surface area contributed by atoms with Crippen molar-refractivity contribution in [2.75, 3.05) is 4.90 Å². The SMILES string of the molecule is CC(C)(C)C(=O)[C@@H]1[C@@H]2C(=O)NC(=O)[C@H]2[C@H]2C=Cc3cc(Br)ccc3N21. The van der Waals surface area contributed by atoms with Gasteiger partial charge in [-0.05, 0) is 23.8 Å². The molecular weight excluding hydrogens is 384 g/mol. The Labute approximate surface area is 154 Å². The number of ketones is 1. The third kappa shape index (κ3) is 2.30. The van der Waals surface area contributed by atoms with Gasteiger partial charge in [0.15, 0.2) is 5.78 Å². The third-order valence-corrected chi connectivity index (χ3v) is 5.81. The molecule has 0 aromatic heterocycles. The van der Waals surface area contributed by atoms with Gasteiger partial charge in [0.05, 0.1) is 17.9 Å². The lowest BCUT2D eigenvalue weighted by atomic mass is 9.79. The van der Waals surface area contributed by atoms with Crippen LogP contribution in [0.15, 0.2) is 28.7 Å². The molecule has 0 saturated carbocycles. The van der Waals surface area contributed by atoms with E-state index in [1.165, 1.54) is 0 Å². The molecule has 3 aliphatic heterocycles. The second-order valence-electron chi connectivity index (χ2n) is 7.92. The first-order chi connectivity index (χ1) is 11.7. The molecule has 1 aromatic carbocycles. The highest BCUT2D eigenvalue weighted by Crippen LogP contribution is 2.48. The van der Waals surface area contributed by atoms with Gasteiger partial charge in [-0.15, -0.1) is 0 Å². The van der Waals surface area contributed by atoms with Crippen LogP contribution in [-0.4, -0.2) is 29.7 Å². The molecule has 1 N–H and O–H groups in total. The smallest absolute Gasteiger partial charge is 0.233 e. The van der Waals surface area contributed by atoms with Crippen molar-refractivity contribution in [2.45, 2.75) is 32.9 Å². The molecule has 3 aliphatic rings. The molecule has 2 fully saturated rings. The van der Waals surface area contributed by atoms with Crippen LogP contribution in [0.3, 0.4) is 0 Å². The normalized spacial score (nSPS) is 30.0. The van der Waals surface area contributed by atoms with E-state index >= 15 is 0 Å². The Balaban J connectivity index is 1.90. The van der Waals surface area contributed by atoms with Gasteiger partial charge in [0.2, 0.25) is 11.8 Å². The Morgan fingerprint density at radius 1 is 1.16 bits per heavy atom. The van der Waals surface area contributed by atoms with Crippen LogP contribution < -0.4 is 10.2 Å². The number of carbonyl (C=O) groups excluding carboxylic acids is 3. The number of hydrogen-bond donors (Lipinski definition) is 1. The monoisotopic (exact) mass is 402 g/mol. The molecule has 0 spiro atoms. The third-order valence-electron chi connectivity index (χ3n) is 5.32. The summed E-state index contributed by atoms with van der Waals surface area (Å²) in [5.74, 6) is -1.78. The molecule has 0 unspecified atom stereocenters. The number of nitrogens with one attached hydrogen (secondary N) is 1. The van der Waals surface area contributed by atoms with Crippen molar-refractivity contribution in [1.29, 1.82) is 0 Å². The summed E-state index contributed by atoms with van der Waals surface area (Å²) in [7, 11) is 0. The van der Waals surface area contributed by atoms with E-state index in [1.54, 1.807) is 0 Å². The molecule has 5 nitrogen and oxygen atoms in total. The summed E-state index contributed by atoms with van der Waals surface area (Å²) in [5.41, 5.74) is 1.27. The highest BCUT2D eigenvalue weighted by atomic mass is 79.9. The van der Waals surface area contributed by atoms with Gasteiger partial charge in [0.1, 0.15) is 6.04 Å². The molecule has 2 amide bonds. The Morgan fingerprint density at radius 2 is 1.84 bits per heavy atom. The number of imide groups is 1. The van der Waals surface area contributed by atoms with Crippen molar-refractivity contribution >= 4 is 45.3 Å². The zero-order valence-corrected chi connectivity index (χ0v) is 15.8. The first-order valence-electron chi connectivity index (χ1n) is 8.35. The molecule has 3 heterocycles. The maximum absolute atomic E-state index is 13.2. The standard InChI is InChI=1S/C19H19BrN2O3/c1-19(2,3)16(23)15-14-13(17(24)21-18(14)25)12-6-4-9-8-10(20)5-7-11(9)22(12)15/h4-8,12-15H,1-3H3,(H,21,24,25)/t12-,13+,14-,15+/m1/s1. The largest absolute Gasteiger partial charge is 0.353 e. The fourth-order valence-corrected chi connectivity index (χ4v) is 4.58. The number of carbonyl (C=O) groups is 3. The summed E-state index contributed by atoms with van der Waals surface area (Å²) in [6, 6.07) is 4.94. The molecule has 130 valence electrons. The van der Waals surface area contributed by atoms with Crippen LogP contribution >= 0.6 is 15.9 Å². The quantitative estimate of drug-likeness (QED) is 0.732. The summed E-state index contributed by atoms with van der Waals surface area (Å²) < 4.78 is 0.946. The van der Waals surface area contributed by atoms with Crippen LogP contribution in [0.4, 0.5) is 5.69 Å². The molecule has 25 heavy (non-hydrogen) atoms. The highest BCUT2D eigenvalue weighted by Gasteiger charge is 2.62. The van der Waals surface area contributed by atoms with Crippen LogP contribution in [0.1, 0.15) is 26.3 Å². The van der Waals surface area contributed by atoms with Crippen LogP contribution in [-0.2, 0) is 14.4 Å². The first kappa shape index (κ1) is 16.5. The predicted molar refractivity (Wildman–Crippen MR) is 97.8 cm³/mol. The summed E-state index contributed by atoms with van der Waals surface area (Å²) in [5, 5.41) is 2.42. The van der Waals surface area contributed by atoms with Gasteiger partial charge in [-0.25, -0.2) is 0 Å². The van der Waals surface area contributed by atoms with Crippen molar-refractivity contribution in [3.63, 3.8) is 0 Å². The number of rotatable bonds is 1. The minimum atomic E-state index is -0.636. The molecule has 0 radical (unpaired) electrons. The molecular formula is C19H19BrN2O3. The fraction of sp³-hybridized carbons (Fsp3) is 0.421. The highest BCUT2D eigenvalue weighted by molar-refractivity contribution is 9.10. The van der Waals surface area contributed by atoms with E-state index in [0.29, 0.717) is 0 Å². The zero-order chi connectivity index (χ0) is 18.1.